The molecule has 3 fully saturated rings. The molecule has 0 spiro atoms. The highest BCUT2D eigenvalue weighted by Gasteiger charge is 2.66. The predicted molar refractivity (Wildman–Crippen MR) is 92.1 cm³/mol. The molecule has 1 N–H and O–H groups in total. The smallest absolute Gasteiger partial charge is 0.305 e. The molecule has 2 aliphatic heterocycles. The van der Waals surface area contributed by atoms with Crippen molar-refractivity contribution < 1.29 is 19.5 Å². The minimum atomic E-state index is -1.17. The summed E-state index contributed by atoms with van der Waals surface area (Å²) >= 11 is 2.78. The van der Waals surface area contributed by atoms with Gasteiger partial charge in [-0.15, -0.1) is 0 Å². The molecule has 5 atom stereocenters. The summed E-state index contributed by atoms with van der Waals surface area (Å²) in [6.07, 6.45) is 2.95. The SMILES string of the molecule is O=C([O-])CCCN1C(=O)[C@H]2[C@@H]3C[C@@H](C4=Cc5sc(=O)[nH]c5S[C@H]43)[C@H]2C1=O. The zero-order chi connectivity index (χ0) is 18.2. The standard InChI is InChI=1S/C17H16N2O5S2/c20-10(21)2-1-3-19-15(22)11-6-4-8(12(11)16(19)23)13-7(6)5-9-14(26-13)18-17(24)25-9/h5-6,8,11-13H,1-4H2,(H,18,24)(H,20,21)/p-1/t6-,8-,11+,12-,13+/m0/s1. The summed E-state index contributed by atoms with van der Waals surface area (Å²) in [5.74, 6) is -1.97. The van der Waals surface area contributed by atoms with E-state index in [9.17, 15) is 24.3 Å². The molecule has 9 heteroatoms. The van der Waals surface area contributed by atoms with Gasteiger partial charge in [0.1, 0.15) is 0 Å². The van der Waals surface area contributed by atoms with Crippen molar-refractivity contribution in [2.24, 2.45) is 23.7 Å². The zero-order valence-corrected chi connectivity index (χ0v) is 15.2. The molecular weight excluding hydrogens is 376 g/mol. The van der Waals surface area contributed by atoms with Gasteiger partial charge in [0.25, 0.3) is 0 Å². The third kappa shape index (κ3) is 2.13. The molecule has 1 aromatic heterocycles. The summed E-state index contributed by atoms with van der Waals surface area (Å²) < 4.78 is 0. The van der Waals surface area contributed by atoms with Gasteiger partial charge < -0.3 is 14.9 Å². The summed E-state index contributed by atoms with van der Waals surface area (Å²) in [5, 5.41) is 11.6. The van der Waals surface area contributed by atoms with Gasteiger partial charge in [-0.1, -0.05) is 28.7 Å². The molecule has 2 aliphatic carbocycles. The van der Waals surface area contributed by atoms with Crippen molar-refractivity contribution in [3.8, 4) is 0 Å². The Hall–Kier alpha value is -1.87. The van der Waals surface area contributed by atoms with Gasteiger partial charge in [0, 0.05) is 17.8 Å². The van der Waals surface area contributed by atoms with Crippen molar-refractivity contribution in [1.82, 2.24) is 9.88 Å². The van der Waals surface area contributed by atoms with E-state index in [4.69, 9.17) is 0 Å². The van der Waals surface area contributed by atoms with Crippen molar-refractivity contribution in [2.75, 3.05) is 6.54 Å². The van der Waals surface area contributed by atoms with Crippen molar-refractivity contribution in [3.05, 3.63) is 20.1 Å². The van der Waals surface area contributed by atoms with Crippen LogP contribution in [-0.2, 0) is 14.4 Å². The quantitative estimate of drug-likeness (QED) is 0.728. The highest BCUT2D eigenvalue weighted by molar-refractivity contribution is 8.00. The van der Waals surface area contributed by atoms with Crippen LogP contribution in [0.1, 0.15) is 24.1 Å². The monoisotopic (exact) mass is 391 g/mol. The molecule has 26 heavy (non-hydrogen) atoms. The maximum atomic E-state index is 12.8. The van der Waals surface area contributed by atoms with Gasteiger partial charge in [0.05, 0.1) is 21.7 Å². The van der Waals surface area contributed by atoms with E-state index in [2.05, 4.69) is 4.98 Å². The van der Waals surface area contributed by atoms with Gasteiger partial charge in [-0.3, -0.25) is 19.3 Å². The maximum absolute atomic E-state index is 12.8. The molecule has 2 amide bonds. The number of carboxylic acid groups (broad SMARTS) is 1. The molecule has 3 heterocycles. The highest BCUT2D eigenvalue weighted by Crippen LogP contribution is 2.64. The normalized spacial score (nSPS) is 33.9. The number of hydrogen-bond donors (Lipinski definition) is 1. The fraction of sp³-hybridized carbons (Fsp3) is 0.529. The van der Waals surface area contributed by atoms with E-state index in [1.54, 1.807) is 11.8 Å². The zero-order valence-electron chi connectivity index (χ0n) is 13.6. The van der Waals surface area contributed by atoms with Crippen LogP contribution in [0.25, 0.3) is 6.08 Å². The Bertz CT molecular complexity index is 932. The number of imide groups is 1. The average molecular weight is 391 g/mol. The number of thiazole rings is 1. The van der Waals surface area contributed by atoms with Crippen LogP contribution >= 0.6 is 23.1 Å². The first kappa shape index (κ1) is 16.3. The molecule has 5 rings (SSSR count). The van der Waals surface area contributed by atoms with E-state index in [0.717, 1.165) is 16.3 Å². The molecule has 0 unspecified atom stereocenters. The number of thioether (sulfide) groups is 1. The second-order valence-electron chi connectivity index (χ2n) is 7.25. The molecule has 2 bridgehead atoms. The topological polar surface area (TPSA) is 110 Å². The van der Waals surface area contributed by atoms with Crippen LogP contribution in [0.2, 0.25) is 0 Å². The number of nitrogens with zero attached hydrogens (tertiary/aromatic N) is 1. The highest BCUT2D eigenvalue weighted by atomic mass is 32.2. The fourth-order valence-corrected chi connectivity index (χ4v) is 7.52. The summed E-state index contributed by atoms with van der Waals surface area (Å²) in [6, 6.07) is 0. The lowest BCUT2D eigenvalue weighted by atomic mass is 9.77. The number of aromatic nitrogens is 1. The Balaban J connectivity index is 1.43. The van der Waals surface area contributed by atoms with E-state index in [1.165, 1.54) is 21.8 Å². The Morgan fingerprint density at radius 3 is 2.81 bits per heavy atom. The minimum absolute atomic E-state index is 0.0513. The molecule has 136 valence electrons. The Morgan fingerprint density at radius 2 is 2.04 bits per heavy atom. The van der Waals surface area contributed by atoms with Crippen LogP contribution in [0.15, 0.2) is 15.4 Å². The first-order valence-electron chi connectivity index (χ1n) is 8.62. The molecule has 1 aromatic rings. The number of carbonyl (C=O) groups is 3. The number of H-pyrrole nitrogens is 1. The first-order chi connectivity index (χ1) is 12.5. The number of aromatic amines is 1. The predicted octanol–water partition coefficient (Wildman–Crippen LogP) is 0.0751. The van der Waals surface area contributed by atoms with Gasteiger partial charge in [0.2, 0.25) is 11.8 Å². The number of hydrogen-bond acceptors (Lipinski definition) is 7. The van der Waals surface area contributed by atoms with Crippen molar-refractivity contribution in [1.29, 1.82) is 0 Å². The van der Waals surface area contributed by atoms with Gasteiger partial charge >= 0.3 is 4.87 Å². The van der Waals surface area contributed by atoms with E-state index < -0.39 is 5.97 Å². The molecule has 4 aliphatic rings. The summed E-state index contributed by atoms with van der Waals surface area (Å²) in [7, 11) is 0. The van der Waals surface area contributed by atoms with Crippen LogP contribution in [0, 0.1) is 23.7 Å². The van der Waals surface area contributed by atoms with Crippen molar-refractivity contribution in [2.45, 2.75) is 29.5 Å². The first-order valence-corrected chi connectivity index (χ1v) is 10.3. The van der Waals surface area contributed by atoms with E-state index >= 15 is 0 Å². The molecule has 0 aromatic carbocycles. The second kappa shape index (κ2) is 5.56. The number of carbonyl (C=O) groups excluding carboxylic acids is 3. The van der Waals surface area contributed by atoms with Gasteiger partial charge in [-0.05, 0) is 37.2 Å². The fourth-order valence-electron chi connectivity index (χ4n) is 5.08. The molecule has 7 nitrogen and oxygen atoms in total. The van der Waals surface area contributed by atoms with Crippen LogP contribution in [0.5, 0.6) is 0 Å². The summed E-state index contributed by atoms with van der Waals surface area (Å²) in [4.78, 5) is 52.8. The lowest BCUT2D eigenvalue weighted by molar-refractivity contribution is -0.305. The number of amides is 2. The van der Waals surface area contributed by atoms with Crippen LogP contribution < -0.4 is 9.98 Å². The molecular formula is C17H15N2O5S2-. The maximum Gasteiger partial charge on any atom is 0.305 e. The Labute approximate surface area is 156 Å². The number of carboxylic acids is 1. The van der Waals surface area contributed by atoms with Gasteiger partial charge in [0.15, 0.2) is 0 Å². The van der Waals surface area contributed by atoms with Crippen LogP contribution in [0.3, 0.4) is 0 Å². The number of aliphatic carboxylic acids is 1. The second-order valence-corrected chi connectivity index (χ2v) is 9.42. The largest absolute Gasteiger partial charge is 0.550 e. The molecule has 2 saturated carbocycles. The number of fused-ring (bicyclic) bond motifs is 9. The van der Waals surface area contributed by atoms with Crippen molar-refractivity contribution in [3.63, 3.8) is 0 Å². The molecule has 1 saturated heterocycles. The summed E-state index contributed by atoms with van der Waals surface area (Å²) in [6.45, 7) is 0.148. The van der Waals surface area contributed by atoms with Crippen LogP contribution in [-0.4, -0.2) is 39.5 Å². The Kier molecular flexibility index (Phi) is 3.49. The third-order valence-corrected chi connectivity index (χ3v) is 8.39. The van der Waals surface area contributed by atoms with Crippen LogP contribution in [0.4, 0.5) is 0 Å². The van der Waals surface area contributed by atoms with E-state index in [1.807, 2.05) is 6.08 Å². The number of likely N-dealkylation sites (tertiary alicyclic amines) is 1. The Morgan fingerprint density at radius 1 is 1.27 bits per heavy atom. The lowest BCUT2D eigenvalue weighted by Crippen LogP contribution is -2.35. The third-order valence-electron chi connectivity index (χ3n) is 6.00. The average Bonchev–Trinajstić information content (AvgIpc) is 3.28. The summed E-state index contributed by atoms with van der Waals surface area (Å²) in [5.41, 5.74) is 1.18. The minimum Gasteiger partial charge on any atom is -0.550 e. The van der Waals surface area contributed by atoms with Gasteiger partial charge in [-0.25, -0.2) is 0 Å². The van der Waals surface area contributed by atoms with Crippen molar-refractivity contribution >= 4 is 47.0 Å². The van der Waals surface area contributed by atoms with E-state index in [-0.39, 0.29) is 65.0 Å². The van der Waals surface area contributed by atoms with Gasteiger partial charge in [-0.2, -0.15) is 0 Å². The lowest BCUT2D eigenvalue weighted by Gasteiger charge is -2.32. The number of nitrogens with one attached hydrogen (secondary N) is 1. The van der Waals surface area contributed by atoms with E-state index in [0.29, 0.717) is 0 Å². The number of rotatable bonds is 4. The molecule has 0 radical (unpaired) electrons.